The molecule has 20 heavy (non-hydrogen) atoms. The third kappa shape index (κ3) is 2.81. The van der Waals surface area contributed by atoms with E-state index in [9.17, 15) is 14.4 Å². The van der Waals surface area contributed by atoms with Crippen LogP contribution in [0.15, 0.2) is 16.7 Å². The quantitative estimate of drug-likeness (QED) is 0.851. The number of hydrogen-bond donors (Lipinski definition) is 1. The molecule has 1 aromatic heterocycles. The number of nitrogens with zero attached hydrogens (tertiary/aromatic N) is 2. The summed E-state index contributed by atoms with van der Waals surface area (Å²) in [5, 5.41) is 8.98. The lowest BCUT2D eigenvalue weighted by Gasteiger charge is -2.33. The SMILES string of the molecule is CCCN1CC(=O)N(Cc2occc2C(=O)O)CC1=O. The average molecular weight is 280 g/mol. The van der Waals surface area contributed by atoms with E-state index in [1.165, 1.54) is 22.1 Å². The molecule has 108 valence electrons. The van der Waals surface area contributed by atoms with E-state index in [1.807, 2.05) is 6.92 Å². The molecule has 7 heteroatoms. The molecule has 1 fully saturated rings. The first-order valence-electron chi connectivity index (χ1n) is 6.38. The molecule has 0 aromatic carbocycles. The van der Waals surface area contributed by atoms with Crippen LogP contribution >= 0.6 is 0 Å². The molecule has 1 aliphatic rings. The molecule has 2 heterocycles. The Morgan fingerprint density at radius 1 is 1.30 bits per heavy atom. The van der Waals surface area contributed by atoms with E-state index in [4.69, 9.17) is 9.52 Å². The van der Waals surface area contributed by atoms with E-state index < -0.39 is 5.97 Å². The highest BCUT2D eigenvalue weighted by Crippen LogP contribution is 2.16. The molecule has 0 unspecified atom stereocenters. The van der Waals surface area contributed by atoms with Crippen molar-refractivity contribution in [3.63, 3.8) is 0 Å². The van der Waals surface area contributed by atoms with Gasteiger partial charge < -0.3 is 19.3 Å². The largest absolute Gasteiger partial charge is 0.478 e. The Bertz CT molecular complexity index is 537. The zero-order valence-electron chi connectivity index (χ0n) is 11.2. The Morgan fingerprint density at radius 3 is 2.60 bits per heavy atom. The third-order valence-corrected chi connectivity index (χ3v) is 3.16. The Labute approximate surface area is 115 Å². The van der Waals surface area contributed by atoms with Crippen LogP contribution < -0.4 is 0 Å². The second kappa shape index (κ2) is 5.77. The van der Waals surface area contributed by atoms with E-state index in [-0.39, 0.29) is 42.8 Å². The van der Waals surface area contributed by atoms with Gasteiger partial charge >= 0.3 is 5.97 Å². The molecule has 0 bridgehead atoms. The first-order chi connectivity index (χ1) is 9.52. The second-order valence-corrected chi connectivity index (χ2v) is 4.63. The average Bonchev–Trinajstić information content (AvgIpc) is 2.84. The number of piperazine rings is 1. The molecule has 0 spiro atoms. The summed E-state index contributed by atoms with van der Waals surface area (Å²) < 4.78 is 5.09. The lowest BCUT2D eigenvalue weighted by Crippen LogP contribution is -2.53. The fourth-order valence-corrected chi connectivity index (χ4v) is 2.15. The molecule has 0 atom stereocenters. The monoisotopic (exact) mass is 280 g/mol. The minimum absolute atomic E-state index is 0.000822. The smallest absolute Gasteiger partial charge is 0.339 e. The van der Waals surface area contributed by atoms with Gasteiger partial charge in [-0.2, -0.15) is 0 Å². The maximum Gasteiger partial charge on any atom is 0.339 e. The molecule has 7 nitrogen and oxygen atoms in total. The Kier molecular flexibility index (Phi) is 4.07. The van der Waals surface area contributed by atoms with Crippen molar-refractivity contribution in [1.29, 1.82) is 0 Å². The summed E-state index contributed by atoms with van der Waals surface area (Å²) in [6.45, 7) is 2.49. The maximum absolute atomic E-state index is 12.0. The molecule has 0 radical (unpaired) electrons. The van der Waals surface area contributed by atoms with Crippen LogP contribution in [-0.2, 0) is 16.1 Å². The van der Waals surface area contributed by atoms with E-state index >= 15 is 0 Å². The first kappa shape index (κ1) is 14.1. The molecule has 1 aliphatic heterocycles. The Balaban J connectivity index is 2.07. The highest BCUT2D eigenvalue weighted by atomic mass is 16.4. The molecule has 1 N–H and O–H groups in total. The van der Waals surface area contributed by atoms with Gasteiger partial charge in [0.2, 0.25) is 11.8 Å². The molecule has 1 saturated heterocycles. The van der Waals surface area contributed by atoms with Crippen molar-refractivity contribution in [2.75, 3.05) is 19.6 Å². The van der Waals surface area contributed by atoms with Gasteiger partial charge in [0.1, 0.15) is 17.9 Å². The molecule has 2 amide bonds. The van der Waals surface area contributed by atoms with Crippen molar-refractivity contribution in [3.05, 3.63) is 23.7 Å². The first-order valence-corrected chi connectivity index (χ1v) is 6.38. The minimum atomic E-state index is -1.11. The fourth-order valence-electron chi connectivity index (χ4n) is 2.15. The number of hydrogen-bond acceptors (Lipinski definition) is 4. The third-order valence-electron chi connectivity index (χ3n) is 3.16. The number of furan rings is 1. The van der Waals surface area contributed by atoms with Gasteiger partial charge in [-0.05, 0) is 12.5 Å². The van der Waals surface area contributed by atoms with Gasteiger partial charge in [-0.3, -0.25) is 9.59 Å². The fraction of sp³-hybridized carbons (Fsp3) is 0.462. The number of carbonyl (C=O) groups excluding carboxylic acids is 2. The molecule has 0 saturated carbocycles. The van der Waals surface area contributed by atoms with Gasteiger partial charge in [-0.25, -0.2) is 4.79 Å². The maximum atomic E-state index is 12.0. The van der Waals surface area contributed by atoms with Crippen LogP contribution in [-0.4, -0.2) is 52.3 Å². The van der Waals surface area contributed by atoms with Gasteiger partial charge in [-0.1, -0.05) is 6.92 Å². The van der Waals surface area contributed by atoms with Crippen molar-refractivity contribution >= 4 is 17.8 Å². The van der Waals surface area contributed by atoms with Crippen molar-refractivity contribution in [2.24, 2.45) is 0 Å². The number of carboxylic acid groups (broad SMARTS) is 1. The predicted octanol–water partition coefficient (Wildman–Crippen LogP) is 0.559. The summed E-state index contributed by atoms with van der Waals surface area (Å²) >= 11 is 0. The van der Waals surface area contributed by atoms with Crippen LogP contribution in [0.5, 0.6) is 0 Å². The van der Waals surface area contributed by atoms with Crippen LogP contribution in [0.2, 0.25) is 0 Å². The van der Waals surface area contributed by atoms with E-state index in [0.717, 1.165) is 6.42 Å². The van der Waals surface area contributed by atoms with Crippen LogP contribution in [0.1, 0.15) is 29.5 Å². The topological polar surface area (TPSA) is 91.1 Å². The summed E-state index contributed by atoms with van der Waals surface area (Å²) in [5.74, 6) is -1.26. The number of amides is 2. The normalized spacial score (nSPS) is 15.8. The van der Waals surface area contributed by atoms with Crippen molar-refractivity contribution in [2.45, 2.75) is 19.9 Å². The van der Waals surface area contributed by atoms with Gasteiger partial charge in [0, 0.05) is 6.54 Å². The molecule has 2 rings (SSSR count). The molecule has 1 aromatic rings. The summed E-state index contributed by atoms with van der Waals surface area (Å²) in [5.41, 5.74) is 0.0150. The minimum Gasteiger partial charge on any atom is -0.478 e. The van der Waals surface area contributed by atoms with Gasteiger partial charge in [-0.15, -0.1) is 0 Å². The standard InChI is InChI=1S/C13H16N2O5/c1-2-4-14-7-12(17)15(8-11(14)16)6-10-9(13(18)19)3-5-20-10/h3,5H,2,4,6-8H2,1H3,(H,18,19). The van der Waals surface area contributed by atoms with Crippen molar-refractivity contribution in [3.8, 4) is 0 Å². The van der Waals surface area contributed by atoms with Crippen LogP contribution in [0, 0.1) is 0 Å². The Hall–Kier alpha value is -2.31. The van der Waals surface area contributed by atoms with E-state index in [2.05, 4.69) is 0 Å². The van der Waals surface area contributed by atoms with E-state index in [0.29, 0.717) is 6.54 Å². The predicted molar refractivity (Wildman–Crippen MR) is 68.0 cm³/mol. The summed E-state index contributed by atoms with van der Waals surface area (Å²) in [7, 11) is 0. The van der Waals surface area contributed by atoms with Crippen molar-refractivity contribution < 1.29 is 23.9 Å². The second-order valence-electron chi connectivity index (χ2n) is 4.63. The lowest BCUT2D eigenvalue weighted by atomic mass is 10.2. The highest BCUT2D eigenvalue weighted by Gasteiger charge is 2.30. The number of aromatic carboxylic acids is 1. The zero-order valence-corrected chi connectivity index (χ0v) is 11.2. The summed E-state index contributed by atoms with van der Waals surface area (Å²) in [6.07, 6.45) is 2.05. The van der Waals surface area contributed by atoms with Gasteiger partial charge in [0.25, 0.3) is 0 Å². The summed E-state index contributed by atoms with van der Waals surface area (Å²) in [6, 6.07) is 1.33. The lowest BCUT2D eigenvalue weighted by molar-refractivity contribution is -0.150. The van der Waals surface area contributed by atoms with Crippen LogP contribution in [0.25, 0.3) is 0 Å². The number of rotatable bonds is 5. The Morgan fingerprint density at radius 2 is 1.95 bits per heavy atom. The van der Waals surface area contributed by atoms with Gasteiger partial charge in [0.15, 0.2) is 0 Å². The van der Waals surface area contributed by atoms with E-state index in [1.54, 1.807) is 0 Å². The van der Waals surface area contributed by atoms with Gasteiger partial charge in [0.05, 0.1) is 19.4 Å². The highest BCUT2D eigenvalue weighted by molar-refractivity contribution is 5.93. The van der Waals surface area contributed by atoms with Crippen LogP contribution in [0.4, 0.5) is 0 Å². The number of carboxylic acids is 1. The summed E-state index contributed by atoms with van der Waals surface area (Å²) in [4.78, 5) is 37.6. The molecular formula is C13H16N2O5. The zero-order chi connectivity index (χ0) is 14.7. The molecular weight excluding hydrogens is 264 g/mol. The van der Waals surface area contributed by atoms with Crippen LogP contribution in [0.3, 0.4) is 0 Å². The molecule has 0 aliphatic carbocycles. The number of carbonyl (C=O) groups is 3. The van der Waals surface area contributed by atoms with Crippen molar-refractivity contribution in [1.82, 2.24) is 9.80 Å².